The van der Waals surface area contributed by atoms with Gasteiger partial charge >= 0.3 is 0 Å². The summed E-state index contributed by atoms with van der Waals surface area (Å²) in [5, 5.41) is 4.07. The van der Waals surface area contributed by atoms with Gasteiger partial charge in [-0.25, -0.2) is 0 Å². The van der Waals surface area contributed by atoms with E-state index in [9.17, 15) is 4.79 Å². The van der Waals surface area contributed by atoms with Crippen molar-refractivity contribution in [1.29, 1.82) is 0 Å². The summed E-state index contributed by atoms with van der Waals surface area (Å²) in [4.78, 5) is 14.1. The molecule has 1 amide bonds. The zero-order valence-corrected chi connectivity index (χ0v) is 10.2. The number of nitrogens with two attached hydrogens (primary N) is 1. The quantitative estimate of drug-likeness (QED) is 0.875. The van der Waals surface area contributed by atoms with Crippen molar-refractivity contribution < 1.29 is 4.79 Å². The Balaban J connectivity index is 0.000000162. The molecular weight excluding hydrogens is 276 g/mol. The van der Waals surface area contributed by atoms with E-state index in [1.54, 1.807) is 29.5 Å². The molecule has 0 saturated heterocycles. The van der Waals surface area contributed by atoms with Crippen LogP contribution < -0.4 is 5.73 Å². The highest BCUT2D eigenvalue weighted by Crippen LogP contribution is 2.11. The minimum Gasteiger partial charge on any atom is -0.364 e. The Hall–Kier alpha value is -1.20. The van der Waals surface area contributed by atoms with Gasteiger partial charge in [-0.3, -0.25) is 9.78 Å². The van der Waals surface area contributed by atoms with Crippen molar-refractivity contribution >= 4 is 33.2 Å². The second-order valence-corrected chi connectivity index (χ2v) is 4.22. The number of aromatic nitrogens is 1. The molecule has 0 aliphatic carbocycles. The van der Waals surface area contributed by atoms with Crippen LogP contribution in [0.2, 0.25) is 0 Å². The summed E-state index contributed by atoms with van der Waals surface area (Å²) in [5.74, 6) is -0.490. The Labute approximate surface area is 100 Å². The fourth-order valence-electron chi connectivity index (χ4n) is 0.756. The summed E-state index contributed by atoms with van der Waals surface area (Å²) in [6.07, 6.45) is 1.53. The van der Waals surface area contributed by atoms with Gasteiger partial charge < -0.3 is 5.73 Å². The van der Waals surface area contributed by atoms with E-state index < -0.39 is 5.91 Å². The lowest BCUT2D eigenvalue weighted by atomic mass is 10.3. The topological polar surface area (TPSA) is 56.0 Å². The van der Waals surface area contributed by atoms with Crippen molar-refractivity contribution in [2.45, 2.75) is 0 Å². The number of primary amides is 1. The molecule has 0 radical (unpaired) electrons. The first kappa shape index (κ1) is 11.9. The number of rotatable bonds is 1. The first-order chi connectivity index (χ1) is 7.20. The van der Waals surface area contributed by atoms with E-state index in [-0.39, 0.29) is 0 Å². The van der Waals surface area contributed by atoms with Crippen LogP contribution in [0.25, 0.3) is 0 Å². The Morgan fingerprint density at radius 3 is 2.47 bits per heavy atom. The van der Waals surface area contributed by atoms with Gasteiger partial charge in [-0.15, -0.1) is 0 Å². The molecule has 0 fully saturated rings. The SMILES string of the molecule is Brc1ccsc1.NC(=O)c1ccccn1. The van der Waals surface area contributed by atoms with Crippen molar-refractivity contribution in [1.82, 2.24) is 4.98 Å². The summed E-state index contributed by atoms with van der Waals surface area (Å²) in [6.45, 7) is 0. The number of hydrogen-bond donors (Lipinski definition) is 1. The minimum atomic E-state index is -0.490. The van der Waals surface area contributed by atoms with Crippen molar-refractivity contribution in [2.75, 3.05) is 0 Å². The van der Waals surface area contributed by atoms with Gasteiger partial charge in [0.25, 0.3) is 5.91 Å². The second-order valence-electron chi connectivity index (χ2n) is 2.52. The standard InChI is InChI=1S/C6H6N2O.C4H3BrS/c7-6(9)5-3-1-2-4-8-5;5-4-1-2-6-3-4/h1-4H,(H2,7,9);1-3H. The molecule has 2 N–H and O–H groups in total. The highest BCUT2D eigenvalue weighted by atomic mass is 79.9. The maximum absolute atomic E-state index is 10.4. The number of carbonyl (C=O) groups excluding carboxylic acids is 1. The number of hydrogen-bond acceptors (Lipinski definition) is 3. The molecule has 0 atom stereocenters. The smallest absolute Gasteiger partial charge is 0.267 e. The molecule has 0 aromatic carbocycles. The lowest BCUT2D eigenvalue weighted by Gasteiger charge is -1.88. The lowest BCUT2D eigenvalue weighted by Crippen LogP contribution is -2.12. The number of carbonyl (C=O) groups is 1. The van der Waals surface area contributed by atoms with Crippen LogP contribution in [0.15, 0.2) is 45.7 Å². The number of amides is 1. The maximum atomic E-state index is 10.4. The second kappa shape index (κ2) is 6.31. The van der Waals surface area contributed by atoms with Crippen molar-refractivity contribution in [3.8, 4) is 0 Å². The molecular formula is C10H9BrN2OS. The average molecular weight is 285 g/mol. The summed E-state index contributed by atoms with van der Waals surface area (Å²) < 4.78 is 1.17. The Kier molecular flexibility index (Phi) is 5.00. The molecule has 0 aliphatic heterocycles. The van der Waals surface area contributed by atoms with Crippen LogP contribution in [0.3, 0.4) is 0 Å². The van der Waals surface area contributed by atoms with Gasteiger partial charge in [0, 0.05) is 16.0 Å². The highest BCUT2D eigenvalue weighted by molar-refractivity contribution is 9.10. The Morgan fingerprint density at radius 1 is 1.40 bits per heavy atom. The van der Waals surface area contributed by atoms with E-state index in [1.165, 1.54) is 10.7 Å². The highest BCUT2D eigenvalue weighted by Gasteiger charge is 1.95. The van der Waals surface area contributed by atoms with Crippen LogP contribution in [0.5, 0.6) is 0 Å². The minimum absolute atomic E-state index is 0.303. The van der Waals surface area contributed by atoms with Crippen LogP contribution >= 0.6 is 27.3 Å². The number of thiophene rings is 1. The molecule has 2 aromatic rings. The van der Waals surface area contributed by atoms with Crippen LogP contribution in [0.4, 0.5) is 0 Å². The summed E-state index contributed by atoms with van der Waals surface area (Å²) >= 11 is 4.98. The van der Waals surface area contributed by atoms with Crippen molar-refractivity contribution in [3.63, 3.8) is 0 Å². The monoisotopic (exact) mass is 284 g/mol. The van der Waals surface area contributed by atoms with E-state index in [2.05, 4.69) is 20.9 Å². The van der Waals surface area contributed by atoms with Gasteiger partial charge in [0.1, 0.15) is 5.69 Å². The van der Waals surface area contributed by atoms with Crippen LogP contribution in [-0.2, 0) is 0 Å². The molecule has 2 heterocycles. The fraction of sp³-hybridized carbons (Fsp3) is 0. The average Bonchev–Trinajstić information content (AvgIpc) is 2.71. The Morgan fingerprint density at radius 2 is 2.20 bits per heavy atom. The third kappa shape index (κ3) is 4.71. The Bertz CT molecular complexity index is 403. The summed E-state index contributed by atoms with van der Waals surface area (Å²) in [7, 11) is 0. The van der Waals surface area contributed by atoms with Gasteiger partial charge in [0.05, 0.1) is 0 Å². The molecule has 15 heavy (non-hydrogen) atoms. The van der Waals surface area contributed by atoms with Crippen LogP contribution in [-0.4, -0.2) is 10.9 Å². The van der Waals surface area contributed by atoms with Gasteiger partial charge in [-0.2, -0.15) is 11.3 Å². The molecule has 0 spiro atoms. The number of nitrogens with zero attached hydrogens (tertiary/aromatic N) is 1. The first-order valence-electron chi connectivity index (χ1n) is 4.08. The van der Waals surface area contributed by atoms with Crippen molar-refractivity contribution in [3.05, 3.63) is 51.4 Å². The maximum Gasteiger partial charge on any atom is 0.267 e. The molecule has 0 bridgehead atoms. The molecule has 0 saturated carbocycles. The zero-order chi connectivity index (χ0) is 11.1. The van der Waals surface area contributed by atoms with Gasteiger partial charge in [-0.1, -0.05) is 6.07 Å². The third-order valence-corrected chi connectivity index (χ3v) is 2.88. The first-order valence-corrected chi connectivity index (χ1v) is 5.82. The molecule has 78 valence electrons. The summed E-state index contributed by atoms with van der Waals surface area (Å²) in [5.41, 5.74) is 5.22. The van der Waals surface area contributed by atoms with E-state index >= 15 is 0 Å². The van der Waals surface area contributed by atoms with Gasteiger partial charge in [0.2, 0.25) is 0 Å². The summed E-state index contributed by atoms with van der Waals surface area (Å²) in [6, 6.07) is 7.03. The molecule has 2 rings (SSSR count). The van der Waals surface area contributed by atoms with E-state index in [0.717, 1.165) is 0 Å². The molecule has 0 aliphatic rings. The predicted octanol–water partition coefficient (Wildman–Crippen LogP) is 2.69. The molecule has 2 aromatic heterocycles. The molecule has 0 unspecified atom stereocenters. The van der Waals surface area contributed by atoms with Gasteiger partial charge in [0.15, 0.2) is 0 Å². The number of halogens is 1. The lowest BCUT2D eigenvalue weighted by molar-refractivity contribution is 0.0995. The third-order valence-electron chi connectivity index (χ3n) is 1.40. The fourth-order valence-corrected chi connectivity index (χ4v) is 1.90. The van der Waals surface area contributed by atoms with E-state index in [1.807, 2.05) is 16.8 Å². The van der Waals surface area contributed by atoms with Gasteiger partial charge in [-0.05, 0) is 39.5 Å². The van der Waals surface area contributed by atoms with E-state index in [4.69, 9.17) is 5.73 Å². The molecule has 5 heteroatoms. The van der Waals surface area contributed by atoms with Crippen LogP contribution in [0.1, 0.15) is 10.5 Å². The van der Waals surface area contributed by atoms with Crippen LogP contribution in [0, 0.1) is 0 Å². The van der Waals surface area contributed by atoms with E-state index in [0.29, 0.717) is 5.69 Å². The largest absolute Gasteiger partial charge is 0.364 e. The van der Waals surface area contributed by atoms with Crippen molar-refractivity contribution in [2.24, 2.45) is 5.73 Å². The predicted molar refractivity (Wildman–Crippen MR) is 64.8 cm³/mol. The number of pyridine rings is 1. The molecule has 3 nitrogen and oxygen atoms in total. The zero-order valence-electron chi connectivity index (χ0n) is 7.76. The normalized spacial score (nSPS) is 8.87.